The summed E-state index contributed by atoms with van der Waals surface area (Å²) >= 11 is 0. The number of aromatic nitrogens is 3. The standard InChI is InChI=1S/C22H32N6O/c1-26(2)20-13-21(24-15-23-20)28(16-7-8-16)17-9-11-27(12-10-17)14-22-25-18-5-3-4-6-19(18)29-22/h13,15-17H,3-12,14H2,1-2H3. The summed E-state index contributed by atoms with van der Waals surface area (Å²) in [5, 5.41) is 0. The minimum absolute atomic E-state index is 0.557. The molecule has 0 atom stereocenters. The highest BCUT2D eigenvalue weighted by Gasteiger charge is 2.36. The number of hydrogen-bond donors (Lipinski definition) is 0. The van der Waals surface area contributed by atoms with Crippen LogP contribution in [-0.4, -0.2) is 59.1 Å². The van der Waals surface area contributed by atoms with Crippen molar-refractivity contribution in [3.63, 3.8) is 0 Å². The Kier molecular flexibility index (Phi) is 5.16. The molecule has 2 aromatic rings. The third kappa shape index (κ3) is 4.10. The maximum absolute atomic E-state index is 6.05. The molecule has 0 spiro atoms. The summed E-state index contributed by atoms with van der Waals surface area (Å²) in [4.78, 5) is 20.9. The summed E-state index contributed by atoms with van der Waals surface area (Å²) < 4.78 is 6.05. The van der Waals surface area contributed by atoms with Crippen LogP contribution in [0.2, 0.25) is 0 Å². The van der Waals surface area contributed by atoms with Crippen molar-refractivity contribution in [2.45, 2.75) is 70.0 Å². The summed E-state index contributed by atoms with van der Waals surface area (Å²) in [5.74, 6) is 4.12. The second kappa shape index (κ2) is 7.94. The molecule has 29 heavy (non-hydrogen) atoms. The van der Waals surface area contributed by atoms with E-state index in [9.17, 15) is 0 Å². The van der Waals surface area contributed by atoms with E-state index in [1.54, 1.807) is 6.33 Å². The predicted molar refractivity (Wildman–Crippen MR) is 113 cm³/mol. The Morgan fingerprint density at radius 2 is 1.72 bits per heavy atom. The molecule has 1 saturated heterocycles. The summed E-state index contributed by atoms with van der Waals surface area (Å²) in [6.07, 6.45) is 11.2. The maximum atomic E-state index is 6.05. The van der Waals surface area contributed by atoms with Crippen LogP contribution >= 0.6 is 0 Å². The first-order chi connectivity index (χ1) is 14.2. The van der Waals surface area contributed by atoms with E-state index in [-0.39, 0.29) is 0 Å². The zero-order valence-corrected chi connectivity index (χ0v) is 17.7. The molecule has 0 aromatic carbocycles. The van der Waals surface area contributed by atoms with E-state index in [1.165, 1.54) is 31.4 Å². The molecule has 7 nitrogen and oxygen atoms in total. The van der Waals surface area contributed by atoms with Crippen LogP contribution in [0, 0.1) is 0 Å². The fourth-order valence-corrected chi connectivity index (χ4v) is 4.77. The van der Waals surface area contributed by atoms with E-state index in [0.717, 1.165) is 68.6 Å². The molecular weight excluding hydrogens is 364 g/mol. The van der Waals surface area contributed by atoms with Crippen molar-refractivity contribution in [2.24, 2.45) is 0 Å². The van der Waals surface area contributed by atoms with Crippen LogP contribution in [-0.2, 0) is 19.4 Å². The van der Waals surface area contributed by atoms with Crippen molar-refractivity contribution >= 4 is 11.6 Å². The first kappa shape index (κ1) is 18.9. The van der Waals surface area contributed by atoms with Gasteiger partial charge in [-0.2, -0.15) is 0 Å². The molecular formula is C22H32N6O. The summed E-state index contributed by atoms with van der Waals surface area (Å²) in [7, 11) is 4.07. The van der Waals surface area contributed by atoms with Crippen LogP contribution in [0.15, 0.2) is 16.8 Å². The fourth-order valence-electron chi connectivity index (χ4n) is 4.77. The molecule has 156 valence electrons. The first-order valence-corrected chi connectivity index (χ1v) is 11.1. The van der Waals surface area contributed by atoms with Gasteiger partial charge in [0.15, 0.2) is 0 Å². The summed E-state index contributed by atoms with van der Waals surface area (Å²) in [6.45, 7) is 3.03. The summed E-state index contributed by atoms with van der Waals surface area (Å²) in [5.41, 5.74) is 1.21. The number of likely N-dealkylation sites (tertiary alicyclic amines) is 1. The van der Waals surface area contributed by atoms with E-state index in [0.29, 0.717) is 12.1 Å². The van der Waals surface area contributed by atoms with Crippen LogP contribution in [0.25, 0.3) is 0 Å². The van der Waals surface area contributed by atoms with Gasteiger partial charge in [-0.15, -0.1) is 0 Å². The minimum atomic E-state index is 0.557. The van der Waals surface area contributed by atoms with Gasteiger partial charge >= 0.3 is 0 Å². The van der Waals surface area contributed by atoms with Crippen LogP contribution in [0.3, 0.4) is 0 Å². The normalized spacial score (nSPS) is 20.5. The van der Waals surface area contributed by atoms with Gasteiger partial charge in [0.1, 0.15) is 23.7 Å². The highest BCUT2D eigenvalue weighted by molar-refractivity contribution is 5.51. The number of hydrogen-bond acceptors (Lipinski definition) is 7. The molecule has 2 fully saturated rings. The average Bonchev–Trinajstić information content (AvgIpc) is 3.48. The molecule has 2 aliphatic carbocycles. The molecule has 0 radical (unpaired) electrons. The lowest BCUT2D eigenvalue weighted by Crippen LogP contribution is -2.46. The molecule has 7 heteroatoms. The number of anilines is 2. The quantitative estimate of drug-likeness (QED) is 0.744. The molecule has 0 bridgehead atoms. The second-order valence-electron chi connectivity index (χ2n) is 8.96. The molecule has 5 rings (SSSR count). The van der Waals surface area contributed by atoms with Crippen LogP contribution in [0.4, 0.5) is 11.6 Å². The number of piperidine rings is 1. The Balaban J connectivity index is 1.23. The lowest BCUT2D eigenvalue weighted by atomic mass is 10.0. The highest BCUT2D eigenvalue weighted by atomic mass is 16.4. The van der Waals surface area contributed by atoms with Crippen molar-refractivity contribution in [3.05, 3.63) is 29.7 Å². The van der Waals surface area contributed by atoms with Crippen molar-refractivity contribution < 1.29 is 4.42 Å². The number of rotatable bonds is 6. The third-order valence-electron chi connectivity index (χ3n) is 6.50. The van der Waals surface area contributed by atoms with E-state index in [1.807, 2.05) is 14.1 Å². The Hall–Kier alpha value is -2.15. The van der Waals surface area contributed by atoms with Crippen molar-refractivity contribution in [2.75, 3.05) is 37.0 Å². The molecule has 1 saturated carbocycles. The first-order valence-electron chi connectivity index (χ1n) is 11.1. The lowest BCUT2D eigenvalue weighted by Gasteiger charge is -2.39. The minimum Gasteiger partial charge on any atom is -0.444 e. The fraction of sp³-hybridized carbons (Fsp3) is 0.682. The molecule has 0 amide bonds. The van der Waals surface area contributed by atoms with Gasteiger partial charge in [0.2, 0.25) is 5.89 Å². The molecule has 1 aliphatic heterocycles. The van der Waals surface area contributed by atoms with Gasteiger partial charge in [0.25, 0.3) is 0 Å². The summed E-state index contributed by atoms with van der Waals surface area (Å²) in [6, 6.07) is 3.35. The van der Waals surface area contributed by atoms with Crippen LogP contribution < -0.4 is 9.80 Å². The monoisotopic (exact) mass is 396 g/mol. The van der Waals surface area contributed by atoms with Crippen molar-refractivity contribution in [1.29, 1.82) is 0 Å². The van der Waals surface area contributed by atoms with Gasteiger partial charge in [-0.05, 0) is 44.9 Å². The smallest absolute Gasteiger partial charge is 0.208 e. The van der Waals surface area contributed by atoms with E-state index < -0.39 is 0 Å². The van der Waals surface area contributed by atoms with Crippen molar-refractivity contribution in [3.8, 4) is 0 Å². The van der Waals surface area contributed by atoms with Gasteiger partial charge in [0.05, 0.1) is 12.2 Å². The number of oxazole rings is 1. The molecule has 3 heterocycles. The zero-order chi connectivity index (χ0) is 19.8. The van der Waals surface area contributed by atoms with Gasteiger partial charge in [0, 0.05) is 51.8 Å². The Bertz CT molecular complexity index is 814. The van der Waals surface area contributed by atoms with Gasteiger partial charge < -0.3 is 14.2 Å². The van der Waals surface area contributed by atoms with Crippen LogP contribution in [0.5, 0.6) is 0 Å². The number of fused-ring (bicyclic) bond motifs is 1. The number of nitrogens with zero attached hydrogens (tertiary/aromatic N) is 6. The average molecular weight is 397 g/mol. The SMILES string of the molecule is CN(C)c1cc(N(C2CC2)C2CCN(Cc3nc4c(o3)CCCC4)CC2)ncn1. The second-order valence-corrected chi connectivity index (χ2v) is 8.96. The largest absolute Gasteiger partial charge is 0.444 e. The van der Waals surface area contributed by atoms with Gasteiger partial charge in [-0.1, -0.05) is 0 Å². The predicted octanol–water partition coefficient (Wildman–Crippen LogP) is 3.04. The van der Waals surface area contributed by atoms with E-state index >= 15 is 0 Å². The third-order valence-corrected chi connectivity index (χ3v) is 6.50. The highest BCUT2D eigenvalue weighted by Crippen LogP contribution is 2.36. The van der Waals surface area contributed by atoms with Crippen LogP contribution in [0.1, 0.15) is 55.9 Å². The Morgan fingerprint density at radius 1 is 1.00 bits per heavy atom. The molecule has 2 aromatic heterocycles. The van der Waals surface area contributed by atoms with E-state index in [4.69, 9.17) is 9.40 Å². The molecule has 0 N–H and O–H groups in total. The lowest BCUT2D eigenvalue weighted by molar-refractivity contribution is 0.183. The topological polar surface area (TPSA) is 61.5 Å². The maximum Gasteiger partial charge on any atom is 0.208 e. The molecule has 0 unspecified atom stereocenters. The molecule has 3 aliphatic rings. The Morgan fingerprint density at radius 3 is 2.45 bits per heavy atom. The van der Waals surface area contributed by atoms with Crippen molar-refractivity contribution in [1.82, 2.24) is 19.9 Å². The zero-order valence-electron chi connectivity index (χ0n) is 17.7. The van der Waals surface area contributed by atoms with E-state index in [2.05, 4.69) is 30.7 Å². The van der Waals surface area contributed by atoms with Gasteiger partial charge in [-0.25, -0.2) is 15.0 Å². The number of aryl methyl sites for hydroxylation is 2. The van der Waals surface area contributed by atoms with Gasteiger partial charge in [-0.3, -0.25) is 4.90 Å². The Labute approximate surface area is 173 Å².